The van der Waals surface area contributed by atoms with Gasteiger partial charge < -0.3 is 4.74 Å². The summed E-state index contributed by atoms with van der Waals surface area (Å²) in [4.78, 5) is 0. The van der Waals surface area contributed by atoms with Crippen molar-refractivity contribution in [3.8, 4) is 11.8 Å². The summed E-state index contributed by atoms with van der Waals surface area (Å²) in [5, 5.41) is 8.93. The van der Waals surface area contributed by atoms with Gasteiger partial charge in [0.15, 0.2) is 0 Å². The monoisotopic (exact) mass is 301 g/mol. The van der Waals surface area contributed by atoms with Crippen LogP contribution in [0.2, 0.25) is 0 Å². The third kappa shape index (κ3) is 5.95. The quantitative estimate of drug-likeness (QED) is 0.726. The highest BCUT2D eigenvalue weighted by Crippen LogP contribution is 2.19. The second-order valence-corrected chi connectivity index (χ2v) is 7.10. The van der Waals surface area contributed by atoms with Crippen molar-refractivity contribution in [2.24, 2.45) is 5.92 Å². The lowest BCUT2D eigenvalue weighted by Crippen LogP contribution is -2.19. The Bertz CT molecular complexity index is 551. The van der Waals surface area contributed by atoms with Gasteiger partial charge in [-0.3, -0.25) is 0 Å². The molecule has 0 saturated heterocycles. The highest BCUT2D eigenvalue weighted by Gasteiger charge is 2.17. The first kappa shape index (κ1) is 15.8. The van der Waals surface area contributed by atoms with E-state index in [1.54, 1.807) is 24.3 Å². The molecular formula is C13H16ClNO3S. The first-order valence-corrected chi connectivity index (χ1v) is 8.48. The van der Waals surface area contributed by atoms with Crippen LogP contribution >= 0.6 is 10.7 Å². The van der Waals surface area contributed by atoms with Crippen molar-refractivity contribution < 1.29 is 13.2 Å². The summed E-state index contributed by atoms with van der Waals surface area (Å²) < 4.78 is 27.8. The second-order valence-electron chi connectivity index (χ2n) is 4.28. The van der Waals surface area contributed by atoms with Gasteiger partial charge in [0.25, 0.3) is 0 Å². The Balaban J connectivity index is 2.68. The molecule has 1 rings (SSSR count). The van der Waals surface area contributed by atoms with Crippen molar-refractivity contribution in [3.63, 3.8) is 0 Å². The van der Waals surface area contributed by atoms with Crippen LogP contribution < -0.4 is 4.74 Å². The van der Waals surface area contributed by atoms with E-state index in [-0.39, 0.29) is 18.3 Å². The minimum Gasteiger partial charge on any atom is -0.492 e. The van der Waals surface area contributed by atoms with Crippen LogP contribution in [0.5, 0.6) is 5.75 Å². The van der Waals surface area contributed by atoms with E-state index < -0.39 is 9.05 Å². The first-order chi connectivity index (χ1) is 8.96. The van der Waals surface area contributed by atoms with Crippen LogP contribution in [0.15, 0.2) is 24.3 Å². The zero-order valence-corrected chi connectivity index (χ0v) is 12.2. The maximum absolute atomic E-state index is 11.1. The van der Waals surface area contributed by atoms with Gasteiger partial charge in [-0.25, -0.2) is 8.42 Å². The minimum atomic E-state index is -3.54. The van der Waals surface area contributed by atoms with Gasteiger partial charge in [-0.2, -0.15) is 5.26 Å². The van der Waals surface area contributed by atoms with Gasteiger partial charge in [-0.05, 0) is 18.6 Å². The molecule has 0 aliphatic carbocycles. The van der Waals surface area contributed by atoms with Crippen LogP contribution in [-0.4, -0.2) is 20.8 Å². The normalized spacial score (nSPS) is 12.7. The number of halogens is 1. The van der Waals surface area contributed by atoms with Crippen molar-refractivity contribution in [3.05, 3.63) is 29.8 Å². The predicted molar refractivity (Wildman–Crippen MR) is 74.7 cm³/mol. The van der Waals surface area contributed by atoms with Crippen LogP contribution in [0, 0.1) is 17.2 Å². The minimum absolute atomic E-state index is 0.114. The van der Waals surface area contributed by atoms with Gasteiger partial charge >= 0.3 is 0 Å². The van der Waals surface area contributed by atoms with Crippen LogP contribution in [0.3, 0.4) is 0 Å². The lowest BCUT2D eigenvalue weighted by molar-refractivity contribution is 0.252. The topological polar surface area (TPSA) is 67.2 Å². The Morgan fingerprint density at radius 2 is 2.11 bits per heavy atom. The largest absolute Gasteiger partial charge is 0.492 e. The zero-order chi connectivity index (χ0) is 14.3. The molecule has 1 aromatic rings. The fourth-order valence-electron chi connectivity index (χ4n) is 1.80. The maximum atomic E-state index is 11.1. The molecule has 104 valence electrons. The summed E-state index contributed by atoms with van der Waals surface area (Å²) >= 11 is 0. The maximum Gasteiger partial charge on any atom is 0.232 e. The van der Waals surface area contributed by atoms with Gasteiger partial charge in [0.2, 0.25) is 9.05 Å². The molecule has 0 saturated carbocycles. The highest BCUT2D eigenvalue weighted by atomic mass is 35.7. The number of para-hydroxylation sites is 1. The van der Waals surface area contributed by atoms with Gasteiger partial charge in [0.05, 0.1) is 17.9 Å². The average molecular weight is 302 g/mol. The van der Waals surface area contributed by atoms with Crippen molar-refractivity contribution in [2.75, 3.05) is 12.4 Å². The lowest BCUT2D eigenvalue weighted by Gasteiger charge is -2.16. The van der Waals surface area contributed by atoms with Crippen molar-refractivity contribution >= 4 is 19.7 Å². The molecule has 1 atom stereocenters. The molecule has 0 heterocycles. The number of ether oxygens (including phenoxy) is 1. The molecule has 6 heteroatoms. The van der Waals surface area contributed by atoms with E-state index in [2.05, 4.69) is 0 Å². The number of hydrogen-bond donors (Lipinski definition) is 0. The molecule has 0 aliphatic rings. The van der Waals surface area contributed by atoms with Crippen LogP contribution in [0.25, 0.3) is 0 Å². The lowest BCUT2D eigenvalue weighted by atomic mass is 10.1. The van der Waals surface area contributed by atoms with Gasteiger partial charge in [-0.15, -0.1) is 0 Å². The molecule has 1 unspecified atom stereocenters. The third-order valence-corrected chi connectivity index (χ3v) is 3.86. The summed E-state index contributed by atoms with van der Waals surface area (Å²) in [7, 11) is 1.73. The Labute approximate surface area is 118 Å². The molecule has 0 N–H and O–H groups in total. The number of benzene rings is 1. The SMILES string of the molecule is CCCC(COc1ccccc1C#N)CS(=O)(=O)Cl. The number of rotatable bonds is 7. The Morgan fingerprint density at radius 3 is 2.68 bits per heavy atom. The molecule has 0 amide bonds. The average Bonchev–Trinajstić information content (AvgIpc) is 2.35. The Kier molecular flexibility index (Phi) is 6.13. The Hall–Kier alpha value is -1.25. The number of nitriles is 1. The predicted octanol–water partition coefficient (Wildman–Crippen LogP) is 2.92. The molecule has 0 spiro atoms. The first-order valence-electron chi connectivity index (χ1n) is 6.00. The summed E-state index contributed by atoms with van der Waals surface area (Å²) in [6, 6.07) is 8.89. The van der Waals surface area contributed by atoms with Crippen LogP contribution in [-0.2, 0) is 9.05 Å². The van der Waals surface area contributed by atoms with E-state index in [9.17, 15) is 8.42 Å². The smallest absolute Gasteiger partial charge is 0.232 e. The number of hydrogen-bond acceptors (Lipinski definition) is 4. The molecule has 1 aromatic carbocycles. The molecule has 19 heavy (non-hydrogen) atoms. The van der Waals surface area contributed by atoms with E-state index in [4.69, 9.17) is 20.7 Å². The zero-order valence-electron chi connectivity index (χ0n) is 10.7. The van der Waals surface area contributed by atoms with Crippen molar-refractivity contribution in [1.82, 2.24) is 0 Å². The summed E-state index contributed by atoms with van der Waals surface area (Å²) in [5.41, 5.74) is 0.437. The summed E-state index contributed by atoms with van der Waals surface area (Å²) in [6.07, 6.45) is 1.56. The third-order valence-electron chi connectivity index (χ3n) is 2.61. The van der Waals surface area contributed by atoms with Crippen molar-refractivity contribution in [2.45, 2.75) is 19.8 Å². The molecule has 0 aromatic heterocycles. The van der Waals surface area contributed by atoms with E-state index in [0.29, 0.717) is 17.7 Å². The fraction of sp³-hybridized carbons (Fsp3) is 0.462. The standard InChI is InChI=1S/C13H16ClNO3S/c1-2-5-11(10-19(14,16)17)9-18-13-7-4-3-6-12(13)8-15/h3-4,6-7,11H,2,5,9-10H2,1H3. The van der Waals surface area contributed by atoms with E-state index in [1.807, 2.05) is 13.0 Å². The molecule has 4 nitrogen and oxygen atoms in total. The molecule has 0 aliphatic heterocycles. The fourth-order valence-corrected chi connectivity index (χ4v) is 3.16. The van der Waals surface area contributed by atoms with E-state index in [1.165, 1.54) is 0 Å². The van der Waals surface area contributed by atoms with Crippen LogP contribution in [0.1, 0.15) is 25.3 Å². The van der Waals surface area contributed by atoms with Crippen LogP contribution in [0.4, 0.5) is 0 Å². The molecular weight excluding hydrogens is 286 g/mol. The van der Waals surface area contributed by atoms with E-state index in [0.717, 1.165) is 6.42 Å². The van der Waals surface area contributed by atoms with E-state index >= 15 is 0 Å². The molecule has 0 fully saturated rings. The van der Waals surface area contributed by atoms with Gasteiger partial charge in [-0.1, -0.05) is 25.5 Å². The summed E-state index contributed by atoms with van der Waals surface area (Å²) in [6.45, 7) is 2.20. The van der Waals surface area contributed by atoms with Gasteiger partial charge in [0, 0.05) is 16.6 Å². The summed E-state index contributed by atoms with van der Waals surface area (Å²) in [5.74, 6) is 0.189. The number of nitrogens with zero attached hydrogens (tertiary/aromatic N) is 1. The molecule has 0 radical (unpaired) electrons. The Morgan fingerprint density at radius 1 is 1.42 bits per heavy atom. The highest BCUT2D eigenvalue weighted by molar-refractivity contribution is 8.13. The van der Waals surface area contributed by atoms with Gasteiger partial charge in [0.1, 0.15) is 11.8 Å². The second kappa shape index (κ2) is 7.37. The molecule has 0 bridgehead atoms. The van der Waals surface area contributed by atoms with Crippen molar-refractivity contribution in [1.29, 1.82) is 5.26 Å².